The van der Waals surface area contributed by atoms with Crippen molar-refractivity contribution in [3.8, 4) is 5.75 Å². The second kappa shape index (κ2) is 5.05. The van der Waals surface area contributed by atoms with Gasteiger partial charge in [-0.2, -0.15) is 8.78 Å². The molecule has 1 rings (SSSR count). The topological polar surface area (TPSA) is 9.23 Å². The summed E-state index contributed by atoms with van der Waals surface area (Å²) in [7, 11) is 0. The fourth-order valence-corrected chi connectivity index (χ4v) is 2.31. The normalized spacial score (nSPS) is 10.7. The molecule has 1 aromatic carbocycles. The molecule has 1 aromatic rings. The summed E-state index contributed by atoms with van der Waals surface area (Å²) in [4.78, 5) is 0.534. The molecule has 1 nitrogen and oxygen atoms in total. The molecule has 0 aliphatic heterocycles. The third kappa shape index (κ3) is 2.65. The molecular weight excluding hydrogens is 253 g/mol. The van der Waals surface area contributed by atoms with Crippen LogP contribution in [-0.2, 0) is 0 Å². The Morgan fingerprint density at radius 2 is 2.00 bits per heavy atom. The van der Waals surface area contributed by atoms with Crippen molar-refractivity contribution in [2.75, 3.05) is 6.26 Å². The molecule has 0 aliphatic rings. The Balaban J connectivity index is 3.08. The highest BCUT2D eigenvalue weighted by Crippen LogP contribution is 2.39. The quantitative estimate of drug-likeness (QED) is 0.747. The van der Waals surface area contributed by atoms with Gasteiger partial charge >= 0.3 is 6.61 Å². The van der Waals surface area contributed by atoms with Gasteiger partial charge in [-0.25, -0.2) is 0 Å². The van der Waals surface area contributed by atoms with E-state index in [1.807, 2.05) is 0 Å². The Morgan fingerprint density at radius 3 is 2.50 bits per heavy atom. The van der Waals surface area contributed by atoms with Crippen LogP contribution >= 0.6 is 35.0 Å². The van der Waals surface area contributed by atoms with Gasteiger partial charge < -0.3 is 4.74 Å². The highest BCUT2D eigenvalue weighted by molar-refractivity contribution is 7.98. The van der Waals surface area contributed by atoms with Gasteiger partial charge in [-0.3, -0.25) is 0 Å². The Morgan fingerprint density at radius 1 is 1.36 bits per heavy atom. The fourth-order valence-electron chi connectivity index (χ4n) is 0.889. The second-order valence-electron chi connectivity index (χ2n) is 2.27. The van der Waals surface area contributed by atoms with Crippen LogP contribution in [0.2, 0.25) is 10.0 Å². The highest BCUT2D eigenvalue weighted by Gasteiger charge is 2.13. The van der Waals surface area contributed by atoms with Crippen molar-refractivity contribution in [1.82, 2.24) is 0 Å². The van der Waals surface area contributed by atoms with E-state index in [4.69, 9.17) is 23.2 Å². The van der Waals surface area contributed by atoms with Gasteiger partial charge in [0.15, 0.2) is 0 Å². The molecule has 0 heterocycles. The van der Waals surface area contributed by atoms with Crippen LogP contribution in [0.5, 0.6) is 5.75 Å². The van der Waals surface area contributed by atoms with Crippen LogP contribution in [0.1, 0.15) is 0 Å². The number of alkyl halides is 2. The first-order valence-corrected chi connectivity index (χ1v) is 5.51. The number of benzene rings is 1. The van der Waals surface area contributed by atoms with Gasteiger partial charge in [0, 0.05) is 4.90 Å². The zero-order valence-electron chi connectivity index (χ0n) is 7.06. The smallest absolute Gasteiger partial charge is 0.387 e. The van der Waals surface area contributed by atoms with E-state index in [1.54, 1.807) is 6.26 Å². The van der Waals surface area contributed by atoms with Crippen molar-refractivity contribution in [3.63, 3.8) is 0 Å². The van der Waals surface area contributed by atoms with E-state index in [1.165, 1.54) is 23.9 Å². The molecule has 0 atom stereocenters. The first kappa shape index (κ1) is 11.9. The molecule has 0 saturated heterocycles. The first-order chi connectivity index (χ1) is 6.56. The van der Waals surface area contributed by atoms with Crippen molar-refractivity contribution in [2.24, 2.45) is 0 Å². The summed E-state index contributed by atoms with van der Waals surface area (Å²) in [6.45, 7) is -2.89. The lowest BCUT2D eigenvalue weighted by Crippen LogP contribution is -2.02. The standard InChI is InChI=1S/C8H6Cl2F2OS/c1-14-7-4(9)2-3-5(6(7)10)13-8(11)12/h2-3,8H,1H3. The average molecular weight is 259 g/mol. The molecule has 0 aromatic heterocycles. The number of hydrogen-bond donors (Lipinski definition) is 0. The minimum absolute atomic E-state index is 0.0598. The third-order valence-electron chi connectivity index (χ3n) is 1.43. The van der Waals surface area contributed by atoms with E-state index in [0.717, 1.165) is 0 Å². The van der Waals surface area contributed by atoms with E-state index in [2.05, 4.69) is 4.74 Å². The van der Waals surface area contributed by atoms with Crippen molar-refractivity contribution >= 4 is 35.0 Å². The lowest BCUT2D eigenvalue weighted by molar-refractivity contribution is -0.0499. The summed E-state index contributed by atoms with van der Waals surface area (Å²) in [6, 6.07) is 2.79. The lowest BCUT2D eigenvalue weighted by atomic mass is 10.3. The van der Waals surface area contributed by atoms with Crippen LogP contribution in [0.15, 0.2) is 17.0 Å². The van der Waals surface area contributed by atoms with E-state index in [-0.39, 0.29) is 10.8 Å². The van der Waals surface area contributed by atoms with Crippen molar-refractivity contribution in [3.05, 3.63) is 22.2 Å². The first-order valence-electron chi connectivity index (χ1n) is 3.53. The maximum absolute atomic E-state index is 11.9. The van der Waals surface area contributed by atoms with Crippen LogP contribution in [0.3, 0.4) is 0 Å². The summed E-state index contributed by atoms with van der Waals surface area (Å²) in [5.74, 6) is -0.0598. The molecule has 0 fully saturated rings. The Hall–Kier alpha value is -0.190. The maximum atomic E-state index is 11.9. The summed E-state index contributed by atoms with van der Waals surface area (Å²) < 4.78 is 28.0. The largest absolute Gasteiger partial charge is 0.433 e. The van der Waals surface area contributed by atoms with E-state index < -0.39 is 6.61 Å². The van der Waals surface area contributed by atoms with Gasteiger partial charge in [-0.1, -0.05) is 23.2 Å². The molecule has 0 bridgehead atoms. The predicted octanol–water partition coefficient (Wildman–Crippen LogP) is 4.32. The van der Waals surface area contributed by atoms with Gasteiger partial charge in [0.2, 0.25) is 0 Å². The molecule has 0 spiro atoms. The number of halogens is 4. The average Bonchev–Trinajstić information content (AvgIpc) is 2.10. The number of ether oxygens (including phenoxy) is 1. The Labute approximate surface area is 94.3 Å². The van der Waals surface area contributed by atoms with Crippen LogP contribution in [0.4, 0.5) is 8.78 Å². The van der Waals surface area contributed by atoms with E-state index >= 15 is 0 Å². The molecule has 0 radical (unpaired) electrons. The summed E-state index contributed by atoms with van der Waals surface area (Å²) in [5, 5.41) is 0.536. The predicted molar refractivity (Wildman–Crippen MR) is 54.9 cm³/mol. The van der Waals surface area contributed by atoms with Gasteiger partial charge in [-0.05, 0) is 18.4 Å². The number of rotatable bonds is 3. The van der Waals surface area contributed by atoms with Crippen LogP contribution in [-0.4, -0.2) is 12.9 Å². The Bertz CT molecular complexity index is 333. The monoisotopic (exact) mass is 258 g/mol. The molecule has 0 amide bonds. The van der Waals surface area contributed by atoms with Crippen molar-refractivity contribution in [2.45, 2.75) is 11.5 Å². The summed E-state index contributed by atoms with van der Waals surface area (Å²) >= 11 is 12.9. The van der Waals surface area contributed by atoms with Crippen molar-refractivity contribution < 1.29 is 13.5 Å². The van der Waals surface area contributed by atoms with E-state index in [9.17, 15) is 8.78 Å². The third-order valence-corrected chi connectivity index (χ3v) is 3.18. The second-order valence-corrected chi connectivity index (χ2v) is 3.87. The molecule has 78 valence electrons. The van der Waals surface area contributed by atoms with Crippen LogP contribution in [0.25, 0.3) is 0 Å². The van der Waals surface area contributed by atoms with Gasteiger partial charge in [-0.15, -0.1) is 11.8 Å². The van der Waals surface area contributed by atoms with Crippen LogP contribution < -0.4 is 4.74 Å². The fraction of sp³-hybridized carbons (Fsp3) is 0.250. The number of thioether (sulfide) groups is 1. The molecule has 0 unspecified atom stereocenters. The summed E-state index contributed by atoms with van der Waals surface area (Å²) in [6.07, 6.45) is 1.75. The van der Waals surface area contributed by atoms with Crippen molar-refractivity contribution in [1.29, 1.82) is 0 Å². The highest BCUT2D eigenvalue weighted by atomic mass is 35.5. The lowest BCUT2D eigenvalue weighted by Gasteiger charge is -2.10. The SMILES string of the molecule is CSc1c(Cl)ccc(OC(F)F)c1Cl. The molecule has 0 N–H and O–H groups in total. The molecule has 0 saturated carbocycles. The maximum Gasteiger partial charge on any atom is 0.387 e. The molecule has 6 heteroatoms. The molecule has 0 aliphatic carbocycles. The minimum Gasteiger partial charge on any atom is -0.433 e. The van der Waals surface area contributed by atoms with E-state index in [0.29, 0.717) is 9.92 Å². The number of hydrogen-bond acceptors (Lipinski definition) is 2. The molecule has 14 heavy (non-hydrogen) atoms. The Kier molecular flexibility index (Phi) is 4.29. The zero-order chi connectivity index (χ0) is 10.7. The van der Waals surface area contributed by atoms with Crippen LogP contribution in [0, 0.1) is 0 Å². The van der Waals surface area contributed by atoms with Gasteiger partial charge in [0.1, 0.15) is 5.75 Å². The summed E-state index contributed by atoms with van der Waals surface area (Å²) in [5.41, 5.74) is 0. The minimum atomic E-state index is -2.89. The zero-order valence-corrected chi connectivity index (χ0v) is 9.39. The van der Waals surface area contributed by atoms with Gasteiger partial charge in [0.05, 0.1) is 10.0 Å². The van der Waals surface area contributed by atoms with Gasteiger partial charge in [0.25, 0.3) is 0 Å². The molecular formula is C8H6Cl2F2OS.